The van der Waals surface area contributed by atoms with Gasteiger partial charge in [0.25, 0.3) is 5.91 Å². The van der Waals surface area contributed by atoms with E-state index in [2.05, 4.69) is 10.6 Å². The molecule has 0 saturated carbocycles. The summed E-state index contributed by atoms with van der Waals surface area (Å²) in [5.41, 5.74) is 0.930. The number of anilines is 1. The number of nitrogens with one attached hydrogen (secondary N) is 1. The van der Waals surface area contributed by atoms with Crippen LogP contribution in [-0.2, 0) is 10.0 Å². The molecule has 3 rings (SSSR count). The van der Waals surface area contributed by atoms with Gasteiger partial charge in [-0.2, -0.15) is 4.72 Å². The summed E-state index contributed by atoms with van der Waals surface area (Å²) in [6, 6.07) is 12.3. The summed E-state index contributed by atoms with van der Waals surface area (Å²) in [5, 5.41) is 0. The molecule has 1 aliphatic heterocycles. The van der Waals surface area contributed by atoms with Crippen LogP contribution in [0, 0.1) is 18.2 Å². The van der Waals surface area contributed by atoms with Crippen molar-refractivity contribution in [2.75, 3.05) is 37.6 Å². The predicted molar refractivity (Wildman–Crippen MR) is 105 cm³/mol. The standard InChI is InChI=1S/C20H20FN3O3S/c1-2-11-22-28(26,27)17-9-7-16(8-10-17)20(25)24-14-12-23(13-15-24)19-6-4-3-5-18(19)21/h1,3-10,22H,11-15H2. The minimum absolute atomic E-state index is 0.0451. The van der Waals surface area contributed by atoms with Crippen molar-refractivity contribution in [1.29, 1.82) is 0 Å². The first-order chi connectivity index (χ1) is 13.4. The minimum Gasteiger partial charge on any atom is -0.366 e. The maximum Gasteiger partial charge on any atom is 0.253 e. The number of piperazine rings is 1. The number of hydrogen-bond donors (Lipinski definition) is 1. The molecule has 0 unspecified atom stereocenters. The zero-order valence-corrected chi connectivity index (χ0v) is 16.0. The molecule has 1 fully saturated rings. The van der Waals surface area contributed by atoms with Crippen LogP contribution in [0.1, 0.15) is 10.4 Å². The lowest BCUT2D eigenvalue weighted by molar-refractivity contribution is 0.0746. The lowest BCUT2D eigenvalue weighted by atomic mass is 10.1. The minimum atomic E-state index is -3.69. The van der Waals surface area contributed by atoms with E-state index in [0.29, 0.717) is 37.4 Å². The van der Waals surface area contributed by atoms with Crippen molar-refractivity contribution >= 4 is 21.6 Å². The molecule has 1 amide bonds. The van der Waals surface area contributed by atoms with Gasteiger partial charge in [0.15, 0.2) is 0 Å². The highest BCUT2D eigenvalue weighted by Gasteiger charge is 2.24. The molecule has 0 spiro atoms. The van der Waals surface area contributed by atoms with Crippen LogP contribution in [0.2, 0.25) is 0 Å². The summed E-state index contributed by atoms with van der Waals surface area (Å²) in [7, 11) is -3.69. The van der Waals surface area contributed by atoms with Gasteiger partial charge in [-0.3, -0.25) is 4.79 Å². The first kappa shape index (κ1) is 19.9. The number of para-hydroxylation sites is 1. The molecule has 0 radical (unpaired) electrons. The molecule has 1 saturated heterocycles. The number of nitrogens with zero attached hydrogens (tertiary/aromatic N) is 2. The van der Waals surface area contributed by atoms with Gasteiger partial charge in [0.05, 0.1) is 17.1 Å². The number of rotatable bonds is 5. The fourth-order valence-electron chi connectivity index (χ4n) is 3.04. The first-order valence-corrected chi connectivity index (χ1v) is 10.2. The molecule has 1 aliphatic rings. The van der Waals surface area contributed by atoms with Crippen LogP contribution in [0.5, 0.6) is 0 Å². The Labute approximate surface area is 164 Å². The third kappa shape index (κ3) is 4.32. The van der Waals surface area contributed by atoms with Crippen molar-refractivity contribution in [2.24, 2.45) is 0 Å². The fraction of sp³-hybridized carbons (Fsp3) is 0.250. The van der Waals surface area contributed by atoms with Crippen LogP contribution in [0.4, 0.5) is 10.1 Å². The summed E-state index contributed by atoms with van der Waals surface area (Å²) < 4.78 is 40.3. The molecule has 146 valence electrons. The van der Waals surface area contributed by atoms with Crippen LogP contribution >= 0.6 is 0 Å². The van der Waals surface area contributed by atoms with Crippen molar-refractivity contribution in [1.82, 2.24) is 9.62 Å². The third-order valence-corrected chi connectivity index (χ3v) is 5.95. The maximum atomic E-state index is 13.9. The quantitative estimate of drug-likeness (QED) is 0.775. The summed E-state index contributed by atoms with van der Waals surface area (Å²) >= 11 is 0. The average Bonchev–Trinajstić information content (AvgIpc) is 2.72. The highest BCUT2D eigenvalue weighted by atomic mass is 32.2. The van der Waals surface area contributed by atoms with Gasteiger partial charge in [-0.1, -0.05) is 18.1 Å². The summed E-state index contributed by atoms with van der Waals surface area (Å²) in [4.78, 5) is 16.3. The number of terminal acetylenes is 1. The van der Waals surface area contributed by atoms with Crippen LogP contribution in [0.3, 0.4) is 0 Å². The Kier molecular flexibility index (Phi) is 5.97. The maximum absolute atomic E-state index is 13.9. The highest BCUT2D eigenvalue weighted by molar-refractivity contribution is 7.89. The van der Waals surface area contributed by atoms with Crippen LogP contribution in [0.15, 0.2) is 53.4 Å². The van der Waals surface area contributed by atoms with E-state index >= 15 is 0 Å². The number of carbonyl (C=O) groups is 1. The number of amides is 1. The first-order valence-electron chi connectivity index (χ1n) is 8.74. The Hall–Kier alpha value is -2.89. The second kappa shape index (κ2) is 8.42. The number of carbonyl (C=O) groups excluding carboxylic acids is 1. The van der Waals surface area contributed by atoms with Gasteiger partial charge in [-0.25, -0.2) is 12.8 Å². The average molecular weight is 401 g/mol. The predicted octanol–water partition coefficient (Wildman–Crippen LogP) is 1.70. The second-order valence-corrected chi connectivity index (χ2v) is 8.05. The van der Waals surface area contributed by atoms with Gasteiger partial charge in [0, 0.05) is 31.7 Å². The van der Waals surface area contributed by atoms with E-state index in [1.165, 1.54) is 30.3 Å². The van der Waals surface area contributed by atoms with Crippen molar-refractivity contribution in [3.63, 3.8) is 0 Å². The normalized spacial score (nSPS) is 14.6. The van der Waals surface area contributed by atoms with Crippen LogP contribution in [-0.4, -0.2) is 51.9 Å². The van der Waals surface area contributed by atoms with Crippen molar-refractivity contribution in [2.45, 2.75) is 4.90 Å². The van der Waals surface area contributed by atoms with Crippen LogP contribution in [0.25, 0.3) is 0 Å². The molecule has 0 atom stereocenters. The third-order valence-electron chi connectivity index (χ3n) is 4.54. The monoisotopic (exact) mass is 401 g/mol. The van der Waals surface area contributed by atoms with E-state index in [-0.39, 0.29) is 23.2 Å². The van der Waals surface area contributed by atoms with Gasteiger partial charge >= 0.3 is 0 Å². The van der Waals surface area contributed by atoms with Gasteiger partial charge in [-0.05, 0) is 36.4 Å². The van der Waals surface area contributed by atoms with E-state index in [0.717, 1.165) is 0 Å². The molecular weight excluding hydrogens is 381 g/mol. The summed E-state index contributed by atoms with van der Waals surface area (Å²) in [5.74, 6) is 1.74. The topological polar surface area (TPSA) is 69.7 Å². The van der Waals surface area contributed by atoms with Gasteiger partial charge in [0.1, 0.15) is 5.82 Å². The Morgan fingerprint density at radius 2 is 1.71 bits per heavy atom. The summed E-state index contributed by atoms with van der Waals surface area (Å²) in [6.45, 7) is 1.85. The Morgan fingerprint density at radius 3 is 2.32 bits per heavy atom. The largest absolute Gasteiger partial charge is 0.366 e. The Balaban J connectivity index is 1.64. The second-order valence-electron chi connectivity index (χ2n) is 6.28. The fourth-order valence-corrected chi connectivity index (χ4v) is 3.97. The van der Waals surface area contributed by atoms with Gasteiger partial charge < -0.3 is 9.80 Å². The van der Waals surface area contributed by atoms with Crippen LogP contribution < -0.4 is 9.62 Å². The molecule has 0 bridgehead atoms. The molecule has 1 N–H and O–H groups in total. The highest BCUT2D eigenvalue weighted by Crippen LogP contribution is 2.21. The zero-order valence-electron chi connectivity index (χ0n) is 15.1. The van der Waals surface area contributed by atoms with E-state index < -0.39 is 10.0 Å². The van der Waals surface area contributed by atoms with E-state index in [9.17, 15) is 17.6 Å². The number of halogens is 1. The lowest BCUT2D eigenvalue weighted by Crippen LogP contribution is -2.49. The number of sulfonamides is 1. The molecule has 8 heteroatoms. The van der Waals surface area contributed by atoms with Gasteiger partial charge in [-0.15, -0.1) is 6.42 Å². The molecule has 1 heterocycles. The van der Waals surface area contributed by atoms with Crippen molar-refractivity contribution in [3.05, 3.63) is 59.9 Å². The molecular formula is C20H20FN3O3S. The van der Waals surface area contributed by atoms with Crippen molar-refractivity contribution < 1.29 is 17.6 Å². The molecule has 6 nitrogen and oxygen atoms in total. The molecule has 2 aromatic rings. The van der Waals surface area contributed by atoms with E-state index in [1.54, 1.807) is 23.1 Å². The van der Waals surface area contributed by atoms with Gasteiger partial charge in [0.2, 0.25) is 10.0 Å². The number of benzene rings is 2. The molecule has 2 aromatic carbocycles. The molecule has 0 aromatic heterocycles. The smallest absolute Gasteiger partial charge is 0.253 e. The van der Waals surface area contributed by atoms with Crippen molar-refractivity contribution in [3.8, 4) is 12.3 Å². The Bertz CT molecular complexity index is 992. The number of hydrogen-bond acceptors (Lipinski definition) is 4. The zero-order chi connectivity index (χ0) is 20.1. The summed E-state index contributed by atoms with van der Waals surface area (Å²) in [6.07, 6.45) is 5.06. The Morgan fingerprint density at radius 1 is 1.07 bits per heavy atom. The molecule has 0 aliphatic carbocycles. The molecule has 28 heavy (non-hydrogen) atoms. The lowest BCUT2D eigenvalue weighted by Gasteiger charge is -2.36. The van der Waals surface area contributed by atoms with E-state index in [4.69, 9.17) is 6.42 Å². The SMILES string of the molecule is C#CCNS(=O)(=O)c1ccc(C(=O)N2CCN(c3ccccc3F)CC2)cc1. The van der Waals surface area contributed by atoms with E-state index in [1.807, 2.05) is 4.90 Å².